The molecule has 0 N–H and O–H groups in total. The second-order valence-electron chi connectivity index (χ2n) is 5.21. The summed E-state index contributed by atoms with van der Waals surface area (Å²) in [5.74, 6) is 0.638. The fraction of sp³-hybridized carbons (Fsp3) is 0.533. The van der Waals surface area contributed by atoms with Gasteiger partial charge in [-0.2, -0.15) is 0 Å². The monoisotopic (exact) mass is 265 g/mol. The van der Waals surface area contributed by atoms with Crippen molar-refractivity contribution in [3.05, 3.63) is 29.3 Å². The Bertz CT molecular complexity index is 455. The highest BCUT2D eigenvalue weighted by molar-refractivity contribution is 5.79. The third-order valence-electron chi connectivity index (χ3n) is 3.52. The Morgan fingerprint density at radius 3 is 2.42 bits per heavy atom. The number of hydrogen-bond acceptors (Lipinski definition) is 4. The number of esters is 1. The molecule has 0 bridgehead atoms. The van der Waals surface area contributed by atoms with Crippen LogP contribution in [0, 0.1) is 6.92 Å². The summed E-state index contributed by atoms with van der Waals surface area (Å²) in [6, 6.07) is 6.03. The van der Waals surface area contributed by atoms with Gasteiger partial charge in [0, 0.05) is 6.54 Å². The van der Waals surface area contributed by atoms with Gasteiger partial charge < -0.3 is 9.47 Å². The van der Waals surface area contributed by atoms with Gasteiger partial charge in [-0.3, -0.25) is 9.69 Å². The largest absolute Gasteiger partial charge is 0.496 e. The highest BCUT2D eigenvalue weighted by Gasteiger charge is 2.33. The molecule has 4 nitrogen and oxygen atoms in total. The van der Waals surface area contributed by atoms with Gasteiger partial charge in [0.25, 0.3) is 0 Å². The molecule has 19 heavy (non-hydrogen) atoms. The minimum atomic E-state index is -0.650. The molecule has 0 saturated carbocycles. The first-order valence-electron chi connectivity index (χ1n) is 6.26. The molecule has 0 aliphatic rings. The second kappa shape index (κ2) is 6.06. The number of rotatable bonds is 5. The molecule has 0 heterocycles. The molecule has 0 aliphatic heterocycles. The van der Waals surface area contributed by atoms with Crippen LogP contribution in [0.5, 0.6) is 5.75 Å². The number of carbonyl (C=O) groups excluding carboxylic acids is 1. The van der Waals surface area contributed by atoms with Crippen LogP contribution in [0.1, 0.15) is 25.0 Å². The van der Waals surface area contributed by atoms with Crippen molar-refractivity contribution in [1.29, 1.82) is 0 Å². The predicted octanol–water partition coefficient (Wildman–Crippen LogP) is 2.39. The van der Waals surface area contributed by atoms with Gasteiger partial charge in [0.05, 0.1) is 14.2 Å². The summed E-state index contributed by atoms with van der Waals surface area (Å²) in [5.41, 5.74) is 1.57. The van der Waals surface area contributed by atoms with E-state index in [0.29, 0.717) is 6.54 Å². The Labute approximate surface area is 115 Å². The molecule has 0 aromatic heterocycles. The first-order valence-corrected chi connectivity index (χ1v) is 6.26. The van der Waals surface area contributed by atoms with E-state index < -0.39 is 5.54 Å². The lowest BCUT2D eigenvalue weighted by Gasteiger charge is -2.32. The van der Waals surface area contributed by atoms with Crippen molar-refractivity contribution in [3.8, 4) is 5.75 Å². The number of carbonyl (C=O) groups is 1. The molecular weight excluding hydrogens is 242 g/mol. The maximum Gasteiger partial charge on any atom is 0.325 e. The fourth-order valence-corrected chi connectivity index (χ4v) is 1.92. The lowest BCUT2D eigenvalue weighted by molar-refractivity contribution is -0.152. The topological polar surface area (TPSA) is 38.8 Å². The van der Waals surface area contributed by atoms with Crippen LogP contribution in [-0.2, 0) is 16.1 Å². The molecule has 4 heteroatoms. The smallest absolute Gasteiger partial charge is 0.325 e. The average Bonchev–Trinajstić information content (AvgIpc) is 2.37. The van der Waals surface area contributed by atoms with E-state index in [9.17, 15) is 4.79 Å². The van der Waals surface area contributed by atoms with Crippen LogP contribution in [0.3, 0.4) is 0 Å². The third-order valence-corrected chi connectivity index (χ3v) is 3.52. The van der Waals surface area contributed by atoms with Crippen molar-refractivity contribution in [2.24, 2.45) is 0 Å². The molecule has 0 radical (unpaired) electrons. The molecule has 0 unspecified atom stereocenters. The molecule has 1 aromatic rings. The summed E-state index contributed by atoms with van der Waals surface area (Å²) >= 11 is 0. The van der Waals surface area contributed by atoms with E-state index >= 15 is 0 Å². The quantitative estimate of drug-likeness (QED) is 0.766. The average molecular weight is 265 g/mol. The van der Waals surface area contributed by atoms with Crippen molar-refractivity contribution in [2.75, 3.05) is 21.3 Å². The lowest BCUT2D eigenvalue weighted by atomic mass is 10.0. The Balaban J connectivity index is 2.85. The van der Waals surface area contributed by atoms with E-state index in [4.69, 9.17) is 9.47 Å². The van der Waals surface area contributed by atoms with Gasteiger partial charge in [0.2, 0.25) is 0 Å². The minimum Gasteiger partial charge on any atom is -0.496 e. The van der Waals surface area contributed by atoms with E-state index in [1.165, 1.54) is 7.11 Å². The zero-order valence-corrected chi connectivity index (χ0v) is 12.6. The minimum absolute atomic E-state index is 0.236. The van der Waals surface area contributed by atoms with Crippen LogP contribution in [0.2, 0.25) is 0 Å². The Kier molecular flexibility index (Phi) is 4.95. The van der Waals surface area contributed by atoms with Crippen LogP contribution in [0.4, 0.5) is 0 Å². The maximum atomic E-state index is 11.7. The van der Waals surface area contributed by atoms with Crippen molar-refractivity contribution >= 4 is 5.97 Å². The van der Waals surface area contributed by atoms with Gasteiger partial charge in [-0.15, -0.1) is 0 Å². The lowest BCUT2D eigenvalue weighted by Crippen LogP contribution is -2.48. The van der Waals surface area contributed by atoms with E-state index in [1.54, 1.807) is 7.11 Å². The third kappa shape index (κ3) is 3.47. The van der Waals surface area contributed by atoms with E-state index in [2.05, 4.69) is 6.07 Å². The summed E-state index contributed by atoms with van der Waals surface area (Å²) in [6.45, 7) is 6.39. The first-order chi connectivity index (χ1) is 8.82. The molecule has 1 rings (SSSR count). The van der Waals surface area contributed by atoms with Gasteiger partial charge in [-0.05, 0) is 45.0 Å². The summed E-state index contributed by atoms with van der Waals surface area (Å²) in [4.78, 5) is 13.7. The van der Waals surface area contributed by atoms with Crippen LogP contribution < -0.4 is 4.74 Å². The van der Waals surface area contributed by atoms with E-state index in [-0.39, 0.29) is 5.97 Å². The molecular formula is C15H23NO3. The summed E-state index contributed by atoms with van der Waals surface area (Å²) in [7, 11) is 4.99. The van der Waals surface area contributed by atoms with Crippen molar-refractivity contribution in [1.82, 2.24) is 4.90 Å². The van der Waals surface area contributed by atoms with Gasteiger partial charge in [0.1, 0.15) is 11.3 Å². The highest BCUT2D eigenvalue weighted by Crippen LogP contribution is 2.22. The van der Waals surface area contributed by atoms with Crippen molar-refractivity contribution in [3.63, 3.8) is 0 Å². The van der Waals surface area contributed by atoms with Gasteiger partial charge >= 0.3 is 5.97 Å². The van der Waals surface area contributed by atoms with E-state index in [1.807, 2.05) is 44.9 Å². The van der Waals surface area contributed by atoms with Crippen LogP contribution >= 0.6 is 0 Å². The number of methoxy groups -OCH3 is 2. The number of benzene rings is 1. The number of hydrogen-bond donors (Lipinski definition) is 0. The number of aryl methyl sites for hydroxylation is 1. The van der Waals surface area contributed by atoms with Crippen molar-refractivity contribution < 1.29 is 14.3 Å². The summed E-state index contributed by atoms with van der Waals surface area (Å²) < 4.78 is 10.1. The summed E-state index contributed by atoms with van der Waals surface area (Å²) in [6.07, 6.45) is 0. The first kappa shape index (κ1) is 15.5. The van der Waals surface area contributed by atoms with Gasteiger partial charge in [-0.25, -0.2) is 0 Å². The molecule has 0 aliphatic carbocycles. The fourth-order valence-electron chi connectivity index (χ4n) is 1.92. The molecule has 0 atom stereocenters. The molecule has 0 spiro atoms. The standard InChI is InChI=1S/C15H23NO3/c1-11-9-12(7-8-13(11)18-5)10-16(4)15(2,3)14(17)19-6/h7-9H,10H2,1-6H3. The molecule has 0 fully saturated rings. The van der Waals surface area contributed by atoms with Crippen LogP contribution in [-0.4, -0.2) is 37.7 Å². The Hall–Kier alpha value is -1.55. The number of nitrogens with zero attached hydrogens (tertiary/aromatic N) is 1. The normalized spacial score (nSPS) is 11.5. The van der Waals surface area contributed by atoms with Crippen LogP contribution in [0.25, 0.3) is 0 Å². The highest BCUT2D eigenvalue weighted by atomic mass is 16.5. The van der Waals surface area contributed by atoms with Gasteiger partial charge in [-0.1, -0.05) is 12.1 Å². The number of likely N-dealkylation sites (N-methyl/N-ethyl adjacent to an activating group) is 1. The number of ether oxygens (including phenoxy) is 2. The zero-order chi connectivity index (χ0) is 14.6. The van der Waals surface area contributed by atoms with Crippen molar-refractivity contribution in [2.45, 2.75) is 32.9 Å². The molecule has 106 valence electrons. The molecule has 0 amide bonds. The van der Waals surface area contributed by atoms with Gasteiger partial charge in [0.15, 0.2) is 0 Å². The SMILES string of the molecule is COC(=O)C(C)(C)N(C)Cc1ccc(OC)c(C)c1. The van der Waals surface area contributed by atoms with Crippen LogP contribution in [0.15, 0.2) is 18.2 Å². The van der Waals surface area contributed by atoms with E-state index in [0.717, 1.165) is 16.9 Å². The molecule has 0 saturated heterocycles. The maximum absolute atomic E-state index is 11.7. The molecule has 1 aromatic carbocycles. The predicted molar refractivity (Wildman–Crippen MR) is 75.3 cm³/mol. The zero-order valence-electron chi connectivity index (χ0n) is 12.6. The Morgan fingerprint density at radius 1 is 1.32 bits per heavy atom. The summed E-state index contributed by atoms with van der Waals surface area (Å²) in [5, 5.41) is 0. The Morgan fingerprint density at radius 2 is 1.95 bits per heavy atom. The second-order valence-corrected chi connectivity index (χ2v) is 5.21.